The second-order valence-corrected chi connectivity index (χ2v) is 4.04. The lowest BCUT2D eigenvalue weighted by Gasteiger charge is -2.18. The van der Waals surface area contributed by atoms with Crippen LogP contribution in [-0.2, 0) is 6.54 Å². The molecule has 0 amide bonds. The van der Waals surface area contributed by atoms with Crippen LogP contribution in [0.5, 0.6) is 5.75 Å². The summed E-state index contributed by atoms with van der Waals surface area (Å²) in [7, 11) is 3.83. The third-order valence-corrected chi connectivity index (χ3v) is 2.59. The number of para-hydroxylation sites is 1. The summed E-state index contributed by atoms with van der Waals surface area (Å²) in [4.78, 5) is 2.27. The van der Waals surface area contributed by atoms with Gasteiger partial charge in [0.1, 0.15) is 5.75 Å². The molecule has 0 spiro atoms. The minimum absolute atomic E-state index is 0.864. The van der Waals surface area contributed by atoms with Gasteiger partial charge in [0.05, 0.1) is 7.11 Å². The molecule has 0 saturated carbocycles. The Balaban J connectivity index is 2.39. The predicted octanol–water partition coefficient (Wildman–Crippen LogP) is 1.90. The lowest BCUT2D eigenvalue weighted by Crippen LogP contribution is -2.29. The SMILES string of the molecule is C=CCNCCN(C)Cc1ccccc1OC. The Morgan fingerprint density at radius 2 is 2.18 bits per heavy atom. The summed E-state index contributed by atoms with van der Waals surface area (Å²) in [6, 6.07) is 8.14. The normalized spacial score (nSPS) is 10.5. The second-order valence-electron chi connectivity index (χ2n) is 4.04. The van der Waals surface area contributed by atoms with Crippen molar-refractivity contribution in [2.45, 2.75) is 6.54 Å². The molecule has 3 nitrogen and oxygen atoms in total. The first-order chi connectivity index (χ1) is 8.27. The van der Waals surface area contributed by atoms with Crippen LogP contribution in [0.2, 0.25) is 0 Å². The Labute approximate surface area is 104 Å². The molecule has 0 fully saturated rings. The van der Waals surface area contributed by atoms with Crippen LogP contribution in [0.25, 0.3) is 0 Å². The second kappa shape index (κ2) is 7.87. The third-order valence-electron chi connectivity index (χ3n) is 2.59. The van der Waals surface area contributed by atoms with Crippen LogP contribution in [0.15, 0.2) is 36.9 Å². The van der Waals surface area contributed by atoms with E-state index in [9.17, 15) is 0 Å². The van der Waals surface area contributed by atoms with Crippen molar-refractivity contribution in [2.75, 3.05) is 33.8 Å². The summed E-state index contributed by atoms with van der Waals surface area (Å²) < 4.78 is 5.33. The Morgan fingerprint density at radius 3 is 2.88 bits per heavy atom. The third kappa shape index (κ3) is 5.02. The number of benzene rings is 1. The van der Waals surface area contributed by atoms with Crippen molar-refractivity contribution in [2.24, 2.45) is 0 Å². The topological polar surface area (TPSA) is 24.5 Å². The molecule has 0 unspecified atom stereocenters. The predicted molar refractivity (Wildman–Crippen MR) is 72.4 cm³/mol. The first-order valence-electron chi connectivity index (χ1n) is 5.90. The van der Waals surface area contributed by atoms with Gasteiger partial charge in [0.2, 0.25) is 0 Å². The Morgan fingerprint density at radius 1 is 1.41 bits per heavy atom. The maximum absolute atomic E-state index is 5.33. The quantitative estimate of drug-likeness (QED) is 0.549. The van der Waals surface area contributed by atoms with E-state index in [2.05, 4.69) is 29.9 Å². The smallest absolute Gasteiger partial charge is 0.123 e. The monoisotopic (exact) mass is 234 g/mol. The Bertz CT molecular complexity index is 339. The molecule has 1 aromatic rings. The van der Waals surface area contributed by atoms with E-state index in [0.29, 0.717) is 0 Å². The maximum Gasteiger partial charge on any atom is 0.123 e. The number of likely N-dealkylation sites (N-methyl/N-ethyl adjacent to an activating group) is 1. The molecule has 0 aliphatic rings. The van der Waals surface area contributed by atoms with E-state index in [1.54, 1.807) is 7.11 Å². The summed E-state index contributed by atoms with van der Waals surface area (Å²) in [6.45, 7) is 7.42. The van der Waals surface area contributed by atoms with E-state index in [1.165, 1.54) is 5.56 Å². The minimum atomic E-state index is 0.864. The molecule has 0 aromatic heterocycles. The lowest BCUT2D eigenvalue weighted by molar-refractivity contribution is 0.317. The molecule has 0 aliphatic heterocycles. The van der Waals surface area contributed by atoms with Crippen LogP contribution < -0.4 is 10.1 Å². The highest BCUT2D eigenvalue weighted by Crippen LogP contribution is 2.18. The van der Waals surface area contributed by atoms with E-state index in [0.717, 1.165) is 31.9 Å². The van der Waals surface area contributed by atoms with Gasteiger partial charge >= 0.3 is 0 Å². The average Bonchev–Trinajstić information content (AvgIpc) is 2.35. The fraction of sp³-hybridized carbons (Fsp3) is 0.429. The number of rotatable bonds is 8. The molecule has 94 valence electrons. The highest BCUT2D eigenvalue weighted by Gasteiger charge is 2.04. The van der Waals surface area contributed by atoms with E-state index < -0.39 is 0 Å². The Hall–Kier alpha value is -1.32. The van der Waals surface area contributed by atoms with Crippen LogP contribution >= 0.6 is 0 Å². The van der Waals surface area contributed by atoms with Crippen LogP contribution in [0, 0.1) is 0 Å². The molecule has 3 heteroatoms. The zero-order valence-electron chi connectivity index (χ0n) is 10.8. The van der Waals surface area contributed by atoms with Gasteiger partial charge in [0.15, 0.2) is 0 Å². The van der Waals surface area contributed by atoms with E-state index in [1.807, 2.05) is 24.3 Å². The highest BCUT2D eigenvalue weighted by atomic mass is 16.5. The number of nitrogens with one attached hydrogen (secondary N) is 1. The highest BCUT2D eigenvalue weighted by molar-refractivity contribution is 5.32. The summed E-state index contributed by atoms with van der Waals surface area (Å²) in [6.07, 6.45) is 1.88. The summed E-state index contributed by atoms with van der Waals surface area (Å²) in [5, 5.41) is 3.29. The number of hydrogen-bond acceptors (Lipinski definition) is 3. The number of methoxy groups -OCH3 is 1. The standard InChI is InChI=1S/C14H22N2O/c1-4-9-15-10-11-16(2)12-13-7-5-6-8-14(13)17-3/h4-8,15H,1,9-12H2,2-3H3. The van der Waals surface area contributed by atoms with Crippen molar-refractivity contribution in [3.05, 3.63) is 42.5 Å². The fourth-order valence-electron chi connectivity index (χ4n) is 1.68. The van der Waals surface area contributed by atoms with Crippen LogP contribution in [0.4, 0.5) is 0 Å². The minimum Gasteiger partial charge on any atom is -0.496 e. The van der Waals surface area contributed by atoms with Crippen LogP contribution in [0.1, 0.15) is 5.56 Å². The zero-order chi connectivity index (χ0) is 12.5. The molecule has 17 heavy (non-hydrogen) atoms. The maximum atomic E-state index is 5.33. The molecule has 0 aliphatic carbocycles. The molecule has 0 bridgehead atoms. The van der Waals surface area contributed by atoms with Gasteiger partial charge in [-0.05, 0) is 13.1 Å². The van der Waals surface area contributed by atoms with Crippen molar-refractivity contribution in [3.8, 4) is 5.75 Å². The number of nitrogens with zero attached hydrogens (tertiary/aromatic N) is 1. The summed E-state index contributed by atoms with van der Waals surface area (Å²) in [5.41, 5.74) is 1.22. The van der Waals surface area contributed by atoms with Crippen molar-refractivity contribution in [1.82, 2.24) is 10.2 Å². The first kappa shape index (κ1) is 13.7. The zero-order valence-corrected chi connectivity index (χ0v) is 10.8. The molecule has 0 heterocycles. The summed E-state index contributed by atoms with van der Waals surface area (Å²) in [5.74, 6) is 0.957. The van der Waals surface area contributed by atoms with Crippen LogP contribution in [-0.4, -0.2) is 38.7 Å². The van der Waals surface area contributed by atoms with E-state index in [-0.39, 0.29) is 0 Å². The molecular weight excluding hydrogens is 212 g/mol. The first-order valence-corrected chi connectivity index (χ1v) is 5.90. The van der Waals surface area contributed by atoms with Gasteiger partial charge in [-0.3, -0.25) is 0 Å². The van der Waals surface area contributed by atoms with Crippen molar-refractivity contribution in [3.63, 3.8) is 0 Å². The average molecular weight is 234 g/mol. The van der Waals surface area contributed by atoms with E-state index >= 15 is 0 Å². The van der Waals surface area contributed by atoms with Gasteiger partial charge < -0.3 is 15.0 Å². The van der Waals surface area contributed by atoms with Gasteiger partial charge in [-0.2, -0.15) is 0 Å². The largest absolute Gasteiger partial charge is 0.496 e. The van der Waals surface area contributed by atoms with Gasteiger partial charge in [0.25, 0.3) is 0 Å². The van der Waals surface area contributed by atoms with Crippen molar-refractivity contribution in [1.29, 1.82) is 0 Å². The van der Waals surface area contributed by atoms with Crippen molar-refractivity contribution >= 4 is 0 Å². The van der Waals surface area contributed by atoms with Gasteiger partial charge in [-0.1, -0.05) is 24.3 Å². The van der Waals surface area contributed by atoms with Gasteiger partial charge in [0, 0.05) is 31.7 Å². The molecule has 0 saturated heterocycles. The number of ether oxygens (including phenoxy) is 1. The molecule has 1 N–H and O–H groups in total. The summed E-state index contributed by atoms with van der Waals surface area (Å²) >= 11 is 0. The van der Waals surface area contributed by atoms with Gasteiger partial charge in [-0.15, -0.1) is 6.58 Å². The van der Waals surface area contributed by atoms with Crippen LogP contribution in [0.3, 0.4) is 0 Å². The molecular formula is C14H22N2O. The lowest BCUT2D eigenvalue weighted by atomic mass is 10.2. The number of hydrogen-bond donors (Lipinski definition) is 1. The van der Waals surface area contributed by atoms with Gasteiger partial charge in [-0.25, -0.2) is 0 Å². The molecule has 0 radical (unpaired) electrons. The Kier molecular flexibility index (Phi) is 6.37. The molecule has 1 rings (SSSR count). The molecule has 1 aromatic carbocycles. The molecule has 0 atom stereocenters. The van der Waals surface area contributed by atoms with Crippen molar-refractivity contribution < 1.29 is 4.74 Å². The van der Waals surface area contributed by atoms with E-state index in [4.69, 9.17) is 4.74 Å². The fourth-order valence-corrected chi connectivity index (χ4v) is 1.68.